The third kappa shape index (κ3) is 6.34. The van der Waals surface area contributed by atoms with Gasteiger partial charge in [-0.25, -0.2) is 0 Å². The average molecular weight is 359 g/mol. The van der Waals surface area contributed by atoms with Crippen molar-refractivity contribution in [3.05, 3.63) is 28.2 Å². The van der Waals surface area contributed by atoms with Gasteiger partial charge in [0.2, 0.25) is 0 Å². The summed E-state index contributed by atoms with van der Waals surface area (Å²) < 4.78 is 6.13. The van der Waals surface area contributed by atoms with Crippen LogP contribution in [0.5, 0.6) is 0 Å². The van der Waals surface area contributed by atoms with E-state index in [4.69, 9.17) is 9.84 Å². The lowest BCUT2D eigenvalue weighted by atomic mass is 10.1. The maximum absolute atomic E-state index is 9.03. The summed E-state index contributed by atoms with van der Waals surface area (Å²) in [7, 11) is 1.71. The maximum Gasteiger partial charge on any atom is 0.0587 e. The molecule has 0 radical (unpaired) electrons. The molecule has 0 aromatic heterocycles. The minimum atomic E-state index is 0.228. The summed E-state index contributed by atoms with van der Waals surface area (Å²) in [4.78, 5) is 2.31. The standard InChI is InChI=1S/C16H27BrN2O2/c1-13(2)19(8-4-9-20)15-6-5-14(16(17)11-15)12-18-7-10-21-3/h5-6,11,13,18,20H,4,7-10,12H2,1-3H3. The molecule has 0 aliphatic rings. The predicted molar refractivity (Wildman–Crippen MR) is 91.9 cm³/mol. The van der Waals surface area contributed by atoms with Crippen LogP contribution in [0.4, 0.5) is 5.69 Å². The third-order valence-electron chi connectivity index (χ3n) is 3.35. The molecule has 4 nitrogen and oxygen atoms in total. The summed E-state index contributed by atoms with van der Waals surface area (Å²) in [6.45, 7) is 7.83. The van der Waals surface area contributed by atoms with Gasteiger partial charge in [-0.05, 0) is 38.0 Å². The molecule has 0 bridgehead atoms. The molecular formula is C16H27BrN2O2. The van der Waals surface area contributed by atoms with Crippen LogP contribution in [-0.2, 0) is 11.3 Å². The highest BCUT2D eigenvalue weighted by molar-refractivity contribution is 9.10. The minimum absolute atomic E-state index is 0.228. The summed E-state index contributed by atoms with van der Waals surface area (Å²) in [6, 6.07) is 6.86. The highest BCUT2D eigenvalue weighted by atomic mass is 79.9. The summed E-state index contributed by atoms with van der Waals surface area (Å²) in [5.74, 6) is 0. The first kappa shape index (κ1) is 18.4. The van der Waals surface area contributed by atoms with Crippen molar-refractivity contribution >= 4 is 21.6 Å². The molecule has 0 aliphatic heterocycles. The summed E-state index contributed by atoms with van der Waals surface area (Å²) >= 11 is 3.65. The zero-order valence-corrected chi connectivity index (χ0v) is 14.8. The third-order valence-corrected chi connectivity index (χ3v) is 4.09. The molecule has 0 unspecified atom stereocenters. The first-order valence-electron chi connectivity index (χ1n) is 7.45. The number of halogens is 1. The van der Waals surface area contributed by atoms with Crippen LogP contribution < -0.4 is 10.2 Å². The normalized spacial score (nSPS) is 11.1. The molecule has 0 amide bonds. The van der Waals surface area contributed by atoms with Crippen molar-refractivity contribution in [1.29, 1.82) is 0 Å². The number of hydrogen-bond acceptors (Lipinski definition) is 4. The first-order valence-corrected chi connectivity index (χ1v) is 8.25. The zero-order valence-electron chi connectivity index (χ0n) is 13.2. The Labute approximate surface area is 136 Å². The average Bonchev–Trinajstić information content (AvgIpc) is 2.45. The highest BCUT2D eigenvalue weighted by Crippen LogP contribution is 2.25. The molecule has 0 atom stereocenters. The van der Waals surface area contributed by atoms with E-state index in [0.29, 0.717) is 6.04 Å². The van der Waals surface area contributed by atoms with E-state index < -0.39 is 0 Å². The van der Waals surface area contributed by atoms with Gasteiger partial charge in [-0.1, -0.05) is 22.0 Å². The zero-order chi connectivity index (χ0) is 15.7. The number of nitrogens with zero attached hydrogens (tertiary/aromatic N) is 1. The summed E-state index contributed by atoms with van der Waals surface area (Å²) in [6.07, 6.45) is 0.788. The van der Waals surface area contributed by atoms with Crippen LogP contribution in [-0.4, -0.2) is 44.6 Å². The molecular weight excluding hydrogens is 332 g/mol. The monoisotopic (exact) mass is 358 g/mol. The number of methoxy groups -OCH3 is 1. The van der Waals surface area contributed by atoms with Gasteiger partial charge < -0.3 is 20.1 Å². The van der Waals surface area contributed by atoms with Crippen molar-refractivity contribution in [1.82, 2.24) is 5.32 Å². The molecule has 0 spiro atoms. The van der Waals surface area contributed by atoms with Crippen molar-refractivity contribution in [3.63, 3.8) is 0 Å². The fourth-order valence-electron chi connectivity index (χ4n) is 2.18. The highest BCUT2D eigenvalue weighted by Gasteiger charge is 2.11. The van der Waals surface area contributed by atoms with Crippen molar-refractivity contribution in [3.8, 4) is 0 Å². The second-order valence-corrected chi connectivity index (χ2v) is 6.16. The molecule has 0 aliphatic carbocycles. The van der Waals surface area contributed by atoms with Crippen molar-refractivity contribution in [2.24, 2.45) is 0 Å². The van der Waals surface area contributed by atoms with Gasteiger partial charge in [0.1, 0.15) is 0 Å². The van der Waals surface area contributed by atoms with Crippen LogP contribution in [0.15, 0.2) is 22.7 Å². The molecule has 2 N–H and O–H groups in total. The number of benzene rings is 1. The second kappa shape index (κ2) is 10.2. The Bertz CT molecular complexity index is 413. The topological polar surface area (TPSA) is 44.7 Å². The molecule has 120 valence electrons. The molecule has 1 aromatic carbocycles. The number of aliphatic hydroxyl groups excluding tert-OH is 1. The molecule has 21 heavy (non-hydrogen) atoms. The number of anilines is 1. The summed E-state index contributed by atoms with van der Waals surface area (Å²) in [5, 5.41) is 12.4. The Balaban J connectivity index is 2.70. The lowest BCUT2D eigenvalue weighted by molar-refractivity contribution is 0.199. The molecule has 1 rings (SSSR count). The van der Waals surface area contributed by atoms with Crippen molar-refractivity contribution < 1.29 is 9.84 Å². The molecule has 1 aromatic rings. The number of rotatable bonds is 10. The van der Waals surface area contributed by atoms with E-state index in [0.717, 1.165) is 37.1 Å². The van der Waals surface area contributed by atoms with Crippen LogP contribution in [0.1, 0.15) is 25.8 Å². The largest absolute Gasteiger partial charge is 0.396 e. The SMILES string of the molecule is COCCNCc1ccc(N(CCCO)C(C)C)cc1Br. The Kier molecular flexibility index (Phi) is 8.92. The number of ether oxygens (including phenoxy) is 1. The minimum Gasteiger partial charge on any atom is -0.396 e. The van der Waals surface area contributed by atoms with Crippen LogP contribution in [0.3, 0.4) is 0 Å². The Hall–Kier alpha value is -0.620. The summed E-state index contributed by atoms with van der Waals surface area (Å²) in [5.41, 5.74) is 2.42. The van der Waals surface area contributed by atoms with Gasteiger partial charge in [0, 0.05) is 49.6 Å². The van der Waals surface area contributed by atoms with Gasteiger partial charge in [-0.15, -0.1) is 0 Å². The quantitative estimate of drug-likeness (QED) is 0.631. The van der Waals surface area contributed by atoms with E-state index in [2.05, 4.69) is 58.2 Å². The van der Waals surface area contributed by atoms with Crippen LogP contribution in [0.2, 0.25) is 0 Å². The van der Waals surface area contributed by atoms with E-state index in [-0.39, 0.29) is 6.61 Å². The van der Waals surface area contributed by atoms with Gasteiger partial charge in [0.15, 0.2) is 0 Å². The van der Waals surface area contributed by atoms with E-state index in [1.165, 1.54) is 11.3 Å². The van der Waals surface area contributed by atoms with Gasteiger partial charge in [-0.3, -0.25) is 0 Å². The lowest BCUT2D eigenvalue weighted by Gasteiger charge is -2.29. The van der Waals surface area contributed by atoms with E-state index >= 15 is 0 Å². The number of hydrogen-bond donors (Lipinski definition) is 2. The molecule has 0 fully saturated rings. The Morgan fingerprint density at radius 3 is 2.71 bits per heavy atom. The Morgan fingerprint density at radius 1 is 1.38 bits per heavy atom. The van der Waals surface area contributed by atoms with Crippen LogP contribution >= 0.6 is 15.9 Å². The lowest BCUT2D eigenvalue weighted by Crippen LogP contribution is -2.32. The predicted octanol–water partition coefficient (Wildman–Crippen LogP) is 2.78. The van der Waals surface area contributed by atoms with E-state index in [1.807, 2.05) is 0 Å². The van der Waals surface area contributed by atoms with Gasteiger partial charge in [0.25, 0.3) is 0 Å². The molecule has 0 saturated heterocycles. The van der Waals surface area contributed by atoms with Crippen LogP contribution in [0, 0.1) is 0 Å². The van der Waals surface area contributed by atoms with E-state index in [9.17, 15) is 0 Å². The fourth-order valence-corrected chi connectivity index (χ4v) is 2.69. The molecule has 5 heteroatoms. The maximum atomic E-state index is 9.03. The molecule has 0 saturated carbocycles. The van der Waals surface area contributed by atoms with Crippen molar-refractivity contribution in [2.75, 3.05) is 38.3 Å². The van der Waals surface area contributed by atoms with Crippen molar-refractivity contribution in [2.45, 2.75) is 32.9 Å². The number of aliphatic hydroxyl groups is 1. The van der Waals surface area contributed by atoms with E-state index in [1.54, 1.807) is 7.11 Å². The van der Waals surface area contributed by atoms with Gasteiger partial charge in [0.05, 0.1) is 6.61 Å². The van der Waals surface area contributed by atoms with Gasteiger partial charge >= 0.3 is 0 Å². The smallest absolute Gasteiger partial charge is 0.0587 e. The Morgan fingerprint density at radius 2 is 2.14 bits per heavy atom. The fraction of sp³-hybridized carbons (Fsp3) is 0.625. The second-order valence-electron chi connectivity index (χ2n) is 5.31. The molecule has 0 heterocycles. The van der Waals surface area contributed by atoms with Crippen LogP contribution in [0.25, 0.3) is 0 Å². The number of nitrogens with one attached hydrogen (secondary N) is 1. The van der Waals surface area contributed by atoms with Gasteiger partial charge in [-0.2, -0.15) is 0 Å². The first-order chi connectivity index (χ1) is 10.1.